The third kappa shape index (κ3) is 12.2. The Morgan fingerprint density at radius 3 is 1.25 bits per heavy atom. The Labute approximate surface area is 48.2 Å². The molecule has 0 aliphatic rings. The summed E-state index contributed by atoms with van der Waals surface area (Å²) < 4.78 is 8.06. The molecule has 4 heteroatoms. The quantitative estimate of drug-likeness (QED) is 0.522. The molecule has 0 heterocycles. The summed E-state index contributed by atoms with van der Waals surface area (Å²) >= 11 is 0. The predicted octanol–water partition coefficient (Wildman–Crippen LogP) is -0.883. The zero-order valence-corrected chi connectivity index (χ0v) is 5.88. The molecule has 7 radical (unpaired) electrons. The van der Waals surface area contributed by atoms with E-state index >= 15 is 0 Å². The molecule has 0 aromatic carbocycles. The average molecular weight is 269 g/mol. The normalized spacial score (nSPS) is 1.00. The minimum atomic E-state index is 0. The molecule has 0 aliphatic heterocycles. The molecule has 0 saturated carbocycles. The maximum absolute atomic E-state index is 8.06. The summed E-state index contributed by atoms with van der Waals surface area (Å²) in [6.45, 7) is 0. The maximum atomic E-state index is 8.06. The van der Waals surface area contributed by atoms with Gasteiger partial charge in [-0.25, -0.2) is 0 Å². The van der Waals surface area contributed by atoms with Gasteiger partial charge in [-0.3, -0.25) is 0 Å². The Morgan fingerprint density at radius 1 is 1.25 bits per heavy atom. The fourth-order valence-corrected chi connectivity index (χ4v) is 0. The molecule has 0 unspecified atom stereocenters. The van der Waals surface area contributed by atoms with Gasteiger partial charge in [-0.1, -0.05) is 0 Å². The van der Waals surface area contributed by atoms with Gasteiger partial charge in [0.2, 0.25) is 0 Å². The van der Waals surface area contributed by atoms with Crippen LogP contribution in [0.3, 0.4) is 0 Å². The van der Waals surface area contributed by atoms with Crippen LogP contribution in [0, 0.1) is 0 Å². The molecule has 0 aromatic rings. The van der Waals surface area contributed by atoms with Crippen LogP contribution < -0.4 is 0 Å². The maximum Gasteiger partial charge on any atom is 0.381 e. The van der Waals surface area contributed by atoms with E-state index in [2.05, 4.69) is 0 Å². The molecule has 0 aliphatic carbocycles. The number of hydrogen-bond donors (Lipinski definition) is 0. The van der Waals surface area contributed by atoms with Gasteiger partial charge in [0.05, 0.1) is 0 Å². The third-order valence-corrected chi connectivity index (χ3v) is 0. The van der Waals surface area contributed by atoms with Crippen LogP contribution in [0.1, 0.15) is 0 Å². The second-order valence-corrected chi connectivity index (χ2v) is 0. The van der Waals surface area contributed by atoms with Crippen LogP contribution in [0.2, 0.25) is 0 Å². The molecule has 1 nitrogen and oxygen atoms in total. The fourth-order valence-electron chi connectivity index (χ4n) is 0. The number of rotatable bonds is 0. The van der Waals surface area contributed by atoms with Crippen LogP contribution in [-0.2, 0) is 26.8 Å². The molecule has 0 rings (SSSR count). The number of hydrogen-bond acceptors (Lipinski definition) is 1. The second-order valence-electron chi connectivity index (χ2n) is 0. The van der Waals surface area contributed by atoms with Crippen molar-refractivity contribution in [2.45, 2.75) is 0 Å². The minimum absolute atomic E-state index is 0. The minimum Gasteiger partial charge on any atom is -0.381 e. The summed E-state index contributed by atoms with van der Waals surface area (Å²) in [5, 5.41) is 0. The summed E-state index contributed by atoms with van der Waals surface area (Å²) in [4.78, 5) is 0. The molecule has 0 saturated heterocycles. The summed E-state index contributed by atoms with van der Waals surface area (Å²) in [6, 6.07) is 0. The third-order valence-electron chi connectivity index (χ3n) is 0. The molecular formula is AuOSi2. The summed E-state index contributed by atoms with van der Waals surface area (Å²) in [6.07, 6.45) is 0. The first-order valence-electron chi connectivity index (χ1n) is 0.204. The van der Waals surface area contributed by atoms with Gasteiger partial charge in [-0.15, -0.1) is 0 Å². The Hall–Kier alpha value is 0.974. The van der Waals surface area contributed by atoms with Crippen LogP contribution in [0.25, 0.3) is 0 Å². The van der Waals surface area contributed by atoms with Gasteiger partial charge in [0.1, 0.15) is 0 Å². The molecule has 25 valence electrons. The first-order valence-corrected chi connectivity index (χ1v) is 0.612. The zero-order chi connectivity index (χ0) is 2.00. The molecule has 0 bridgehead atoms. The SMILES string of the molecule is O=[Si].[Au].[Si]. The van der Waals surface area contributed by atoms with Gasteiger partial charge in [-0.2, -0.15) is 0 Å². The monoisotopic (exact) mass is 269 g/mol. The van der Waals surface area contributed by atoms with E-state index in [0.29, 0.717) is 0 Å². The summed E-state index contributed by atoms with van der Waals surface area (Å²) in [7, 11) is 1.72. The molecule has 0 fully saturated rings. The molecular weight excluding hydrogens is 269 g/mol. The first-order chi connectivity index (χ1) is 1.00. The van der Waals surface area contributed by atoms with E-state index in [-0.39, 0.29) is 33.3 Å². The molecule has 0 atom stereocenters. The molecule has 4 heavy (non-hydrogen) atoms. The van der Waals surface area contributed by atoms with Crippen LogP contribution in [-0.4, -0.2) is 21.1 Å². The van der Waals surface area contributed by atoms with Crippen molar-refractivity contribution in [3.63, 3.8) is 0 Å². The van der Waals surface area contributed by atoms with E-state index in [1.165, 1.54) is 0 Å². The van der Waals surface area contributed by atoms with E-state index in [1.54, 1.807) is 10.1 Å². The van der Waals surface area contributed by atoms with E-state index in [0.717, 1.165) is 0 Å². The van der Waals surface area contributed by atoms with Crippen molar-refractivity contribution in [3.8, 4) is 0 Å². The van der Waals surface area contributed by atoms with Crippen LogP contribution in [0.15, 0.2) is 0 Å². The van der Waals surface area contributed by atoms with Crippen molar-refractivity contribution in [2.24, 2.45) is 0 Å². The van der Waals surface area contributed by atoms with Crippen molar-refractivity contribution in [1.82, 2.24) is 0 Å². The zero-order valence-electron chi connectivity index (χ0n) is 1.71. The summed E-state index contributed by atoms with van der Waals surface area (Å²) in [5.41, 5.74) is 0. The molecule has 0 spiro atoms. The van der Waals surface area contributed by atoms with E-state index in [9.17, 15) is 0 Å². The molecule has 0 aromatic heterocycles. The van der Waals surface area contributed by atoms with Crippen LogP contribution in [0.4, 0.5) is 0 Å². The van der Waals surface area contributed by atoms with Crippen molar-refractivity contribution >= 4 is 21.1 Å². The first kappa shape index (κ1) is 20.2. The average Bonchev–Trinajstić information content (AvgIpc) is 1.00. The second kappa shape index (κ2) is 37.0. The molecule has 0 amide bonds. The Morgan fingerprint density at radius 2 is 1.25 bits per heavy atom. The van der Waals surface area contributed by atoms with E-state index in [1.807, 2.05) is 0 Å². The van der Waals surface area contributed by atoms with Crippen molar-refractivity contribution in [3.05, 3.63) is 0 Å². The van der Waals surface area contributed by atoms with Crippen LogP contribution >= 0.6 is 0 Å². The van der Waals surface area contributed by atoms with Gasteiger partial charge in [0, 0.05) is 33.3 Å². The van der Waals surface area contributed by atoms with Crippen molar-refractivity contribution in [2.75, 3.05) is 0 Å². The van der Waals surface area contributed by atoms with Gasteiger partial charge < -0.3 is 4.46 Å². The molecule has 0 N–H and O–H groups in total. The Balaban J connectivity index is -0.00000000500. The van der Waals surface area contributed by atoms with Gasteiger partial charge in [0.15, 0.2) is 0 Å². The largest absolute Gasteiger partial charge is 0.381 e. The van der Waals surface area contributed by atoms with Gasteiger partial charge in [0.25, 0.3) is 0 Å². The fraction of sp³-hybridized carbons (Fsp3) is 0. The summed E-state index contributed by atoms with van der Waals surface area (Å²) in [5.74, 6) is 0. The Bertz CT molecular complexity index is 6.00. The van der Waals surface area contributed by atoms with Gasteiger partial charge in [-0.05, 0) is 0 Å². The predicted molar refractivity (Wildman–Crippen MR) is 12.2 cm³/mol. The van der Waals surface area contributed by atoms with E-state index < -0.39 is 0 Å². The van der Waals surface area contributed by atoms with Gasteiger partial charge >= 0.3 is 10.1 Å². The van der Waals surface area contributed by atoms with E-state index in [4.69, 9.17) is 4.46 Å². The topological polar surface area (TPSA) is 17.1 Å². The Kier molecular flexibility index (Phi) is 187. The van der Waals surface area contributed by atoms with Crippen molar-refractivity contribution < 1.29 is 26.8 Å². The van der Waals surface area contributed by atoms with Crippen molar-refractivity contribution in [1.29, 1.82) is 0 Å². The van der Waals surface area contributed by atoms with Crippen LogP contribution in [0.5, 0.6) is 0 Å². The smallest absolute Gasteiger partial charge is 0.381 e. The standard InChI is InChI=1S/Au.OSi.Si/c;1-2;.